The molecule has 2 aromatic carbocycles. The third-order valence-corrected chi connectivity index (χ3v) is 3.41. The second kappa shape index (κ2) is 5.79. The van der Waals surface area contributed by atoms with Crippen molar-refractivity contribution in [3.05, 3.63) is 59.9 Å². The molecule has 0 aliphatic carbocycles. The number of carbonyl (C=O) groups excluding carboxylic acids is 1. The minimum Gasteiger partial charge on any atom is -0.299 e. The molecule has 0 radical (unpaired) electrons. The molecule has 0 heterocycles. The van der Waals surface area contributed by atoms with Gasteiger partial charge in [-0.25, -0.2) is 4.39 Å². The van der Waals surface area contributed by atoms with E-state index in [2.05, 4.69) is 0 Å². The second-order valence-electron chi connectivity index (χ2n) is 4.65. The lowest BCUT2D eigenvalue weighted by molar-refractivity contribution is -0.119. The van der Waals surface area contributed by atoms with Crippen molar-refractivity contribution in [2.75, 3.05) is 0 Å². The van der Waals surface area contributed by atoms with Crippen molar-refractivity contribution in [2.45, 2.75) is 26.2 Å². The van der Waals surface area contributed by atoms with Crippen LogP contribution in [0.1, 0.15) is 31.7 Å². The van der Waals surface area contributed by atoms with Crippen LogP contribution in [0.4, 0.5) is 4.39 Å². The Hall–Kier alpha value is -1.96. The highest BCUT2D eigenvalue weighted by atomic mass is 19.1. The normalized spacial score (nSPS) is 12.2. The van der Waals surface area contributed by atoms with Gasteiger partial charge in [0.25, 0.3) is 0 Å². The van der Waals surface area contributed by atoms with Gasteiger partial charge in [0, 0.05) is 17.9 Å². The number of ketones is 1. The largest absolute Gasteiger partial charge is 0.299 e. The summed E-state index contributed by atoms with van der Waals surface area (Å²) in [6, 6.07) is 14.5. The predicted octanol–water partition coefficient (Wildman–Crippen LogP) is 4.58. The van der Waals surface area contributed by atoms with E-state index in [1.165, 1.54) is 6.07 Å². The van der Waals surface area contributed by atoms with Gasteiger partial charge in [-0.05, 0) is 17.2 Å². The number of rotatable bonds is 4. The van der Waals surface area contributed by atoms with Crippen molar-refractivity contribution in [2.24, 2.45) is 0 Å². The molecule has 1 atom stereocenters. The molecule has 19 heavy (non-hydrogen) atoms. The van der Waals surface area contributed by atoms with Crippen LogP contribution in [0, 0.1) is 5.82 Å². The Morgan fingerprint density at radius 1 is 1.16 bits per heavy atom. The monoisotopic (exact) mass is 256 g/mol. The summed E-state index contributed by atoms with van der Waals surface area (Å²) in [5, 5.41) is 0. The molecule has 0 fully saturated rings. The van der Waals surface area contributed by atoms with Crippen LogP contribution in [0.2, 0.25) is 0 Å². The Balaban J connectivity index is 2.35. The molecule has 0 aliphatic heterocycles. The topological polar surface area (TPSA) is 17.1 Å². The molecule has 0 aromatic heterocycles. The Morgan fingerprint density at radius 2 is 1.84 bits per heavy atom. The first-order valence-corrected chi connectivity index (χ1v) is 6.51. The summed E-state index contributed by atoms with van der Waals surface area (Å²) in [5.74, 6) is -0.393. The zero-order valence-electron chi connectivity index (χ0n) is 11.2. The van der Waals surface area contributed by atoms with Crippen LogP contribution < -0.4 is 0 Å². The lowest BCUT2D eigenvalue weighted by Gasteiger charge is -2.11. The number of benzene rings is 2. The maximum Gasteiger partial charge on any atom is 0.139 e. The van der Waals surface area contributed by atoms with E-state index < -0.39 is 0 Å². The van der Waals surface area contributed by atoms with E-state index in [1.54, 1.807) is 6.07 Å². The SMILES string of the molecule is CCC(=O)C(C)c1ccc(-c2ccccc2)c(F)c1. The van der Waals surface area contributed by atoms with Gasteiger partial charge in [0.05, 0.1) is 0 Å². The van der Waals surface area contributed by atoms with Crippen LogP contribution in [0.25, 0.3) is 11.1 Å². The van der Waals surface area contributed by atoms with Gasteiger partial charge in [0.2, 0.25) is 0 Å². The van der Waals surface area contributed by atoms with E-state index in [1.807, 2.05) is 50.2 Å². The van der Waals surface area contributed by atoms with Gasteiger partial charge in [0.1, 0.15) is 11.6 Å². The molecule has 1 unspecified atom stereocenters. The smallest absolute Gasteiger partial charge is 0.139 e. The molecule has 0 amide bonds. The first-order valence-electron chi connectivity index (χ1n) is 6.51. The van der Waals surface area contributed by atoms with Crippen molar-refractivity contribution in [1.29, 1.82) is 0 Å². The molecular formula is C17H17FO. The minimum absolute atomic E-state index is 0.131. The summed E-state index contributed by atoms with van der Waals surface area (Å²) >= 11 is 0. The maximum atomic E-state index is 14.2. The minimum atomic E-state index is -0.278. The third kappa shape index (κ3) is 2.90. The van der Waals surface area contributed by atoms with Crippen LogP contribution in [-0.2, 0) is 4.79 Å². The molecule has 0 saturated heterocycles. The van der Waals surface area contributed by atoms with Crippen LogP contribution in [0.5, 0.6) is 0 Å². The quantitative estimate of drug-likeness (QED) is 0.782. The number of halogens is 1. The highest BCUT2D eigenvalue weighted by Crippen LogP contribution is 2.26. The summed E-state index contributed by atoms with van der Waals surface area (Å²) in [5.41, 5.74) is 2.16. The van der Waals surface area contributed by atoms with E-state index in [0.29, 0.717) is 12.0 Å². The van der Waals surface area contributed by atoms with Crippen LogP contribution in [-0.4, -0.2) is 5.78 Å². The molecule has 1 nitrogen and oxygen atoms in total. The molecule has 2 rings (SSSR count). The molecule has 0 saturated carbocycles. The van der Waals surface area contributed by atoms with E-state index in [9.17, 15) is 9.18 Å². The van der Waals surface area contributed by atoms with Crippen LogP contribution in [0.3, 0.4) is 0 Å². The zero-order valence-corrected chi connectivity index (χ0v) is 11.2. The van der Waals surface area contributed by atoms with Crippen molar-refractivity contribution < 1.29 is 9.18 Å². The van der Waals surface area contributed by atoms with Gasteiger partial charge >= 0.3 is 0 Å². The Labute approximate surface area is 113 Å². The molecule has 0 N–H and O–H groups in total. The van der Waals surface area contributed by atoms with Gasteiger partial charge < -0.3 is 0 Å². The Morgan fingerprint density at radius 3 is 2.42 bits per heavy atom. The van der Waals surface area contributed by atoms with Gasteiger partial charge in [-0.2, -0.15) is 0 Å². The van der Waals surface area contributed by atoms with Crippen molar-refractivity contribution in [3.8, 4) is 11.1 Å². The summed E-state index contributed by atoms with van der Waals surface area (Å²) in [6.45, 7) is 3.65. The average molecular weight is 256 g/mol. The molecule has 98 valence electrons. The number of carbonyl (C=O) groups is 1. The van der Waals surface area contributed by atoms with Crippen molar-refractivity contribution >= 4 is 5.78 Å². The Bertz CT molecular complexity index is 575. The highest BCUT2D eigenvalue weighted by Gasteiger charge is 2.15. The van der Waals surface area contributed by atoms with E-state index in [4.69, 9.17) is 0 Å². The number of hydrogen-bond donors (Lipinski definition) is 0. The second-order valence-corrected chi connectivity index (χ2v) is 4.65. The van der Waals surface area contributed by atoms with Crippen LogP contribution in [0.15, 0.2) is 48.5 Å². The Kier molecular flexibility index (Phi) is 4.10. The van der Waals surface area contributed by atoms with Crippen LogP contribution >= 0.6 is 0 Å². The van der Waals surface area contributed by atoms with Crippen molar-refractivity contribution in [1.82, 2.24) is 0 Å². The van der Waals surface area contributed by atoms with Gasteiger partial charge in [-0.15, -0.1) is 0 Å². The summed E-state index contributed by atoms with van der Waals surface area (Å²) < 4.78 is 14.2. The van der Waals surface area contributed by atoms with E-state index in [-0.39, 0.29) is 17.5 Å². The molecule has 0 aliphatic rings. The predicted molar refractivity (Wildman–Crippen MR) is 75.5 cm³/mol. The fourth-order valence-corrected chi connectivity index (χ4v) is 2.14. The average Bonchev–Trinajstić information content (AvgIpc) is 2.46. The van der Waals surface area contributed by atoms with Gasteiger partial charge in [0.15, 0.2) is 0 Å². The molecule has 0 bridgehead atoms. The lowest BCUT2D eigenvalue weighted by Crippen LogP contribution is -2.07. The molecule has 0 spiro atoms. The van der Waals surface area contributed by atoms with Gasteiger partial charge in [-0.1, -0.05) is 56.3 Å². The summed E-state index contributed by atoms with van der Waals surface area (Å²) in [7, 11) is 0. The first kappa shape index (κ1) is 13.5. The van der Waals surface area contributed by atoms with E-state index in [0.717, 1.165) is 11.1 Å². The molecule has 2 heteroatoms. The number of Topliss-reactive ketones (excluding diaryl/α,β-unsaturated/α-hetero) is 1. The van der Waals surface area contributed by atoms with Gasteiger partial charge in [-0.3, -0.25) is 4.79 Å². The third-order valence-electron chi connectivity index (χ3n) is 3.41. The lowest BCUT2D eigenvalue weighted by atomic mass is 9.93. The number of hydrogen-bond acceptors (Lipinski definition) is 1. The zero-order chi connectivity index (χ0) is 13.8. The fourth-order valence-electron chi connectivity index (χ4n) is 2.14. The van der Waals surface area contributed by atoms with Crippen molar-refractivity contribution in [3.63, 3.8) is 0 Å². The molecular weight excluding hydrogens is 239 g/mol. The standard InChI is InChI=1S/C17H17FO/c1-3-17(19)12(2)14-9-10-15(16(18)11-14)13-7-5-4-6-8-13/h4-12H,3H2,1-2H3. The molecule has 2 aromatic rings. The first-order chi connectivity index (χ1) is 9.13. The highest BCUT2D eigenvalue weighted by molar-refractivity contribution is 5.85. The maximum absolute atomic E-state index is 14.2. The summed E-state index contributed by atoms with van der Waals surface area (Å²) in [6.07, 6.45) is 0.475. The summed E-state index contributed by atoms with van der Waals surface area (Å²) in [4.78, 5) is 11.7. The van der Waals surface area contributed by atoms with E-state index >= 15 is 0 Å². The fraction of sp³-hybridized carbons (Fsp3) is 0.235.